The number of aliphatic carboxylic acids is 1. The van der Waals surface area contributed by atoms with Crippen molar-refractivity contribution in [3.05, 3.63) is 29.8 Å². The molecule has 0 saturated carbocycles. The first-order chi connectivity index (χ1) is 18.7. The van der Waals surface area contributed by atoms with E-state index in [1.54, 1.807) is 24.7 Å². The van der Waals surface area contributed by atoms with Crippen LogP contribution in [0, 0.1) is 24.7 Å². The number of hydrogen-bond acceptors (Lipinski definition) is 5. The topological polar surface area (TPSA) is 166 Å². The second kappa shape index (κ2) is 21.1. The number of amides is 5. The van der Waals surface area contributed by atoms with Crippen LogP contribution in [-0.4, -0.2) is 67.0 Å². The predicted molar refractivity (Wildman–Crippen MR) is 144 cm³/mol. The van der Waals surface area contributed by atoms with Gasteiger partial charge in [0.2, 0.25) is 11.8 Å². The molecule has 1 rings (SSSR count). The van der Waals surface area contributed by atoms with E-state index in [0.717, 1.165) is 35.4 Å². The summed E-state index contributed by atoms with van der Waals surface area (Å²) in [6.07, 6.45) is 6.03. The Balaban J connectivity index is 1.95. The molecule has 1 atom stereocenters. The van der Waals surface area contributed by atoms with E-state index in [1.165, 1.54) is 0 Å². The van der Waals surface area contributed by atoms with Crippen LogP contribution in [0.4, 0.5) is 4.79 Å². The molecule has 6 N–H and O–H groups in total. The van der Waals surface area contributed by atoms with Gasteiger partial charge in [-0.2, -0.15) is 0 Å². The van der Waals surface area contributed by atoms with Crippen LogP contribution in [-0.2, 0) is 14.4 Å². The van der Waals surface area contributed by atoms with Crippen LogP contribution in [0.5, 0.6) is 0 Å². The summed E-state index contributed by atoms with van der Waals surface area (Å²) < 4.78 is 1.16. The fourth-order valence-corrected chi connectivity index (χ4v) is 4.07. The van der Waals surface area contributed by atoms with E-state index in [4.69, 9.17) is 5.11 Å². The van der Waals surface area contributed by atoms with E-state index in [1.807, 2.05) is 31.2 Å². The van der Waals surface area contributed by atoms with E-state index in [2.05, 4.69) is 26.6 Å². The van der Waals surface area contributed by atoms with Crippen molar-refractivity contribution in [2.75, 3.05) is 26.2 Å². The summed E-state index contributed by atoms with van der Waals surface area (Å²) in [5, 5.41) is 22.6. The summed E-state index contributed by atoms with van der Waals surface area (Å²) >= 11 is 1.57. The normalized spacial score (nSPS) is 11.2. The first-order valence-electron chi connectivity index (χ1n) is 13.6. The Morgan fingerprint density at radius 2 is 1.23 bits per heavy atom. The number of unbranched alkanes of at least 4 members (excludes halogenated alkanes) is 4. The van der Waals surface area contributed by atoms with Crippen molar-refractivity contribution in [1.29, 1.82) is 0 Å². The maximum absolute atomic E-state index is 12.0. The molecule has 218 valence electrons. The minimum atomic E-state index is -1.05. The molecule has 0 heterocycles. The van der Waals surface area contributed by atoms with Crippen LogP contribution in [0.2, 0.25) is 0 Å². The standard InChI is InChI=1S/C27H42AtN5O6/c1-2-9-22(26(37)38)33-27(39)32-19-8-4-6-17-30-24(35)15-14-23(34)29-16-5-3-7-18-31-25(36)20-10-12-21(28)13-11-20/h10-13,22H,2-9,14-19H2,1H3,(H,29,34)(H,30,35)(H,31,36)(H,37,38)(H2,32,33,39)/t22-/m0/s1/i28+1. The molecule has 12 heteroatoms. The van der Waals surface area contributed by atoms with Crippen molar-refractivity contribution >= 4 is 33.0 Å². The monoisotopic (exact) mass is 743 g/mol. The molecule has 0 aliphatic carbocycles. The third-order valence-electron chi connectivity index (χ3n) is 5.79. The minimum absolute atomic E-state index is 0.0790. The summed E-state index contributed by atoms with van der Waals surface area (Å²) in [4.78, 5) is 58.7. The van der Waals surface area contributed by atoms with Gasteiger partial charge >= 0.3 is 124 Å². The zero-order chi connectivity index (χ0) is 28.9. The molecular formula is C27H42AtN5O6. The van der Waals surface area contributed by atoms with Gasteiger partial charge < -0.3 is 21.1 Å². The molecule has 0 saturated heterocycles. The maximum atomic E-state index is 12.0. The SMILES string of the molecule is CCC[C@H](NC(=O)NCCCCCNC(=O)CCC(=O)NCCCCCNC(=O)c1ccc([211At])cc1)C(=O)O. The summed E-state index contributed by atoms with van der Waals surface area (Å²) in [5.41, 5.74) is 0.654. The van der Waals surface area contributed by atoms with Crippen molar-refractivity contribution in [1.82, 2.24) is 26.6 Å². The van der Waals surface area contributed by atoms with Gasteiger partial charge in [-0.05, 0) is 25.7 Å². The fraction of sp³-hybridized carbons (Fsp3) is 0.593. The number of carboxylic acid groups (broad SMARTS) is 1. The van der Waals surface area contributed by atoms with Gasteiger partial charge in [0, 0.05) is 25.9 Å². The Bertz CT molecular complexity index is 912. The van der Waals surface area contributed by atoms with E-state index >= 15 is 0 Å². The molecule has 0 fully saturated rings. The van der Waals surface area contributed by atoms with Gasteiger partial charge in [0.05, 0.1) is 0 Å². The maximum Gasteiger partial charge on any atom is 0.326 e. The van der Waals surface area contributed by atoms with E-state index in [0.29, 0.717) is 51.0 Å². The quantitative estimate of drug-likeness (QED) is 0.111. The van der Waals surface area contributed by atoms with Gasteiger partial charge in [0.15, 0.2) is 0 Å². The number of carboxylic acids is 1. The van der Waals surface area contributed by atoms with E-state index < -0.39 is 18.0 Å². The number of carbonyl (C=O) groups excluding carboxylic acids is 4. The van der Waals surface area contributed by atoms with E-state index in [9.17, 15) is 24.0 Å². The number of rotatable bonds is 20. The zero-order valence-electron chi connectivity index (χ0n) is 22.7. The second-order valence-corrected chi connectivity index (χ2v) is 10.9. The molecule has 0 bridgehead atoms. The number of nitrogens with one attached hydrogen (secondary N) is 5. The zero-order valence-corrected chi connectivity index (χ0v) is 25.6. The van der Waals surface area contributed by atoms with Gasteiger partial charge in [-0.1, -0.05) is 13.3 Å². The summed E-state index contributed by atoms with van der Waals surface area (Å²) in [5.74, 6) is -1.46. The molecule has 1 aromatic rings. The molecule has 1 aromatic carbocycles. The smallest absolute Gasteiger partial charge is 0.326 e. The van der Waals surface area contributed by atoms with Gasteiger partial charge in [-0.25, -0.2) is 9.59 Å². The van der Waals surface area contributed by atoms with Gasteiger partial charge in [-0.3, -0.25) is 9.59 Å². The van der Waals surface area contributed by atoms with Crippen LogP contribution in [0.3, 0.4) is 0 Å². The Morgan fingerprint density at radius 1 is 0.744 bits per heavy atom. The Kier molecular flexibility index (Phi) is 18.6. The molecule has 0 spiro atoms. The third kappa shape index (κ3) is 17.5. The van der Waals surface area contributed by atoms with Gasteiger partial charge in [-0.15, -0.1) is 0 Å². The van der Waals surface area contributed by atoms with Crippen molar-refractivity contribution in [3.63, 3.8) is 0 Å². The minimum Gasteiger partial charge on any atom is -0.480 e. The predicted octanol–water partition coefficient (Wildman–Crippen LogP) is 1.50. The third-order valence-corrected chi connectivity index (χ3v) is 6.77. The number of benzene rings is 1. The molecule has 0 aromatic heterocycles. The Morgan fingerprint density at radius 3 is 1.72 bits per heavy atom. The average Bonchev–Trinajstić information content (AvgIpc) is 2.90. The molecule has 0 radical (unpaired) electrons. The number of urea groups is 1. The summed E-state index contributed by atoms with van der Waals surface area (Å²) in [6, 6.07) is 6.12. The van der Waals surface area contributed by atoms with Crippen molar-refractivity contribution in [3.8, 4) is 0 Å². The molecule has 0 aliphatic rings. The van der Waals surface area contributed by atoms with Crippen LogP contribution < -0.4 is 29.9 Å². The molecule has 39 heavy (non-hydrogen) atoms. The van der Waals surface area contributed by atoms with Crippen molar-refractivity contribution < 1.29 is 53.8 Å². The summed E-state index contributed by atoms with van der Waals surface area (Å²) in [7, 11) is 0. The Hall–Kier alpha value is -2.75. The van der Waals surface area contributed by atoms with Crippen LogP contribution in [0.15, 0.2) is 24.3 Å². The van der Waals surface area contributed by atoms with Crippen molar-refractivity contribution in [2.45, 2.75) is 77.2 Å². The van der Waals surface area contributed by atoms with Gasteiger partial charge in [0.25, 0.3) is 0 Å². The molecule has 0 unspecified atom stereocenters. The first-order valence-corrected chi connectivity index (χ1v) is 15.0. The average molecular weight is 744 g/mol. The summed E-state index contributed by atoms with van der Waals surface area (Å²) in [6.45, 7) is 3.89. The van der Waals surface area contributed by atoms with Crippen LogP contribution in [0.1, 0.15) is 81.5 Å². The van der Waals surface area contributed by atoms with Crippen LogP contribution in [0.25, 0.3) is 0 Å². The fourth-order valence-electron chi connectivity index (χ4n) is 3.58. The Labute approximate surface area is 245 Å². The van der Waals surface area contributed by atoms with Gasteiger partial charge in [0.1, 0.15) is 6.04 Å². The second-order valence-electron chi connectivity index (χ2n) is 9.16. The van der Waals surface area contributed by atoms with Crippen LogP contribution >= 0.6 is 0 Å². The number of hydrogen-bond donors (Lipinski definition) is 6. The largest absolute Gasteiger partial charge is 0.480 e. The molecule has 0 aliphatic heterocycles. The molecule has 5 amide bonds. The number of carbonyl (C=O) groups is 5. The van der Waals surface area contributed by atoms with Crippen molar-refractivity contribution in [2.24, 2.45) is 0 Å². The van der Waals surface area contributed by atoms with E-state index in [-0.39, 0.29) is 30.6 Å². The molecular weight excluding hydrogens is 701 g/mol. The molecule has 11 nitrogen and oxygen atoms in total. The first kappa shape index (κ1) is 34.3.